The molecule has 0 radical (unpaired) electrons. The van der Waals surface area contributed by atoms with E-state index < -0.39 is 0 Å². The summed E-state index contributed by atoms with van der Waals surface area (Å²) in [5.41, 5.74) is 1.25. The fraction of sp³-hybridized carbons (Fsp3) is 0.600. The van der Waals surface area contributed by atoms with Gasteiger partial charge in [-0.1, -0.05) is 45.4 Å². The topological polar surface area (TPSA) is 21.3 Å². The highest BCUT2D eigenvalue weighted by Gasteiger charge is 2.05. The normalized spacial score (nSPS) is 12.4. The molecular weight excluding hydrogens is 210 g/mol. The second kappa shape index (κ2) is 8.13. The lowest BCUT2D eigenvalue weighted by Gasteiger charge is -2.15. The molecule has 0 bridgehead atoms. The Labute approximate surface area is 105 Å². The van der Waals surface area contributed by atoms with Crippen LogP contribution in [0.1, 0.15) is 39.2 Å². The molecule has 96 valence electrons. The summed E-state index contributed by atoms with van der Waals surface area (Å²) in [5.74, 6) is 1.66. The molecule has 0 saturated heterocycles. The number of para-hydroxylation sites is 1. The Morgan fingerprint density at radius 1 is 1.24 bits per heavy atom. The average Bonchev–Trinajstić information content (AvgIpc) is 2.35. The minimum atomic E-state index is 0.632. The van der Waals surface area contributed by atoms with Crippen molar-refractivity contribution in [3.05, 3.63) is 29.8 Å². The zero-order valence-electron chi connectivity index (χ0n) is 11.3. The van der Waals surface area contributed by atoms with E-state index in [0.29, 0.717) is 5.92 Å². The highest BCUT2D eigenvalue weighted by molar-refractivity contribution is 5.33. The summed E-state index contributed by atoms with van der Waals surface area (Å²) in [6.45, 7) is 9.27. The maximum atomic E-state index is 5.91. The number of rotatable bonds is 8. The van der Waals surface area contributed by atoms with Crippen LogP contribution >= 0.6 is 0 Å². The van der Waals surface area contributed by atoms with Crippen molar-refractivity contribution in [2.45, 2.75) is 40.2 Å². The largest absolute Gasteiger partial charge is 0.493 e. The molecule has 0 saturated carbocycles. The standard InChI is InChI=1S/C15H25NO/c1-4-8-13(3)12-17-15-10-7-6-9-14(15)11-16-5-2/h6-7,9-10,13,16H,4-5,8,11-12H2,1-3H3. The van der Waals surface area contributed by atoms with E-state index in [1.54, 1.807) is 0 Å². The van der Waals surface area contributed by atoms with E-state index in [-0.39, 0.29) is 0 Å². The van der Waals surface area contributed by atoms with Gasteiger partial charge in [0.2, 0.25) is 0 Å². The van der Waals surface area contributed by atoms with E-state index in [0.717, 1.165) is 25.4 Å². The van der Waals surface area contributed by atoms with Crippen LogP contribution in [0.4, 0.5) is 0 Å². The van der Waals surface area contributed by atoms with Gasteiger partial charge in [-0.25, -0.2) is 0 Å². The molecule has 0 aliphatic carbocycles. The van der Waals surface area contributed by atoms with Crippen LogP contribution in [0, 0.1) is 5.92 Å². The summed E-state index contributed by atoms with van der Waals surface area (Å²) in [7, 11) is 0. The van der Waals surface area contributed by atoms with Gasteiger partial charge in [0.05, 0.1) is 6.61 Å². The summed E-state index contributed by atoms with van der Waals surface area (Å²) < 4.78 is 5.91. The number of hydrogen-bond donors (Lipinski definition) is 1. The van der Waals surface area contributed by atoms with Crippen LogP contribution in [0.3, 0.4) is 0 Å². The van der Waals surface area contributed by atoms with Crippen molar-refractivity contribution in [1.82, 2.24) is 5.32 Å². The third-order valence-corrected chi connectivity index (χ3v) is 2.84. The van der Waals surface area contributed by atoms with Crippen LogP contribution in [0.2, 0.25) is 0 Å². The number of benzene rings is 1. The molecule has 0 aliphatic heterocycles. The molecule has 1 aromatic carbocycles. The molecule has 1 aromatic rings. The van der Waals surface area contributed by atoms with Crippen molar-refractivity contribution in [3.63, 3.8) is 0 Å². The minimum Gasteiger partial charge on any atom is -0.493 e. The predicted octanol–water partition coefficient (Wildman–Crippen LogP) is 3.61. The summed E-state index contributed by atoms with van der Waals surface area (Å²) in [6.07, 6.45) is 2.46. The van der Waals surface area contributed by atoms with Gasteiger partial charge in [-0.05, 0) is 24.9 Å². The molecule has 1 N–H and O–H groups in total. The van der Waals surface area contributed by atoms with E-state index in [1.807, 2.05) is 6.07 Å². The number of hydrogen-bond acceptors (Lipinski definition) is 2. The Balaban J connectivity index is 2.51. The maximum absolute atomic E-state index is 5.91. The molecule has 2 nitrogen and oxygen atoms in total. The zero-order valence-corrected chi connectivity index (χ0v) is 11.3. The molecule has 2 heteroatoms. The van der Waals surface area contributed by atoms with Gasteiger partial charge >= 0.3 is 0 Å². The Hall–Kier alpha value is -1.02. The Morgan fingerprint density at radius 3 is 2.71 bits per heavy atom. The van der Waals surface area contributed by atoms with E-state index in [1.165, 1.54) is 18.4 Å². The van der Waals surface area contributed by atoms with Gasteiger partial charge in [0, 0.05) is 12.1 Å². The summed E-state index contributed by atoms with van der Waals surface area (Å²) >= 11 is 0. The molecule has 0 amide bonds. The first kappa shape index (κ1) is 14.0. The van der Waals surface area contributed by atoms with E-state index in [9.17, 15) is 0 Å². The number of ether oxygens (including phenoxy) is 1. The van der Waals surface area contributed by atoms with Crippen molar-refractivity contribution < 1.29 is 4.74 Å². The Morgan fingerprint density at radius 2 is 2.00 bits per heavy atom. The van der Waals surface area contributed by atoms with Crippen LogP contribution in [-0.2, 0) is 6.54 Å². The average molecular weight is 235 g/mol. The highest BCUT2D eigenvalue weighted by atomic mass is 16.5. The lowest BCUT2D eigenvalue weighted by Crippen LogP contribution is -2.14. The van der Waals surface area contributed by atoms with Gasteiger partial charge in [0.15, 0.2) is 0 Å². The monoisotopic (exact) mass is 235 g/mol. The third kappa shape index (κ3) is 5.22. The minimum absolute atomic E-state index is 0.632. The van der Waals surface area contributed by atoms with Crippen molar-refractivity contribution in [2.75, 3.05) is 13.2 Å². The molecule has 0 aliphatic rings. The van der Waals surface area contributed by atoms with Crippen LogP contribution in [0.5, 0.6) is 5.75 Å². The fourth-order valence-corrected chi connectivity index (χ4v) is 1.86. The second-order valence-corrected chi connectivity index (χ2v) is 4.59. The molecule has 0 fully saturated rings. The third-order valence-electron chi connectivity index (χ3n) is 2.84. The van der Waals surface area contributed by atoms with Crippen molar-refractivity contribution in [3.8, 4) is 5.75 Å². The SMILES string of the molecule is CCCC(C)COc1ccccc1CNCC. The molecule has 0 aromatic heterocycles. The fourth-order valence-electron chi connectivity index (χ4n) is 1.86. The first-order valence-electron chi connectivity index (χ1n) is 6.69. The summed E-state index contributed by atoms with van der Waals surface area (Å²) in [5, 5.41) is 3.34. The van der Waals surface area contributed by atoms with Gasteiger partial charge in [-0.3, -0.25) is 0 Å². The lowest BCUT2D eigenvalue weighted by molar-refractivity contribution is 0.249. The van der Waals surface area contributed by atoms with E-state index >= 15 is 0 Å². The highest BCUT2D eigenvalue weighted by Crippen LogP contribution is 2.19. The molecule has 1 rings (SSSR count). The van der Waals surface area contributed by atoms with Crippen LogP contribution in [-0.4, -0.2) is 13.2 Å². The van der Waals surface area contributed by atoms with Crippen LogP contribution in [0.15, 0.2) is 24.3 Å². The second-order valence-electron chi connectivity index (χ2n) is 4.59. The summed E-state index contributed by atoms with van der Waals surface area (Å²) in [4.78, 5) is 0. The van der Waals surface area contributed by atoms with E-state index in [2.05, 4.69) is 44.3 Å². The first-order valence-corrected chi connectivity index (χ1v) is 6.69. The van der Waals surface area contributed by atoms with Gasteiger partial charge in [0.25, 0.3) is 0 Å². The van der Waals surface area contributed by atoms with Gasteiger partial charge in [-0.15, -0.1) is 0 Å². The van der Waals surface area contributed by atoms with Gasteiger partial charge in [0.1, 0.15) is 5.75 Å². The smallest absolute Gasteiger partial charge is 0.123 e. The van der Waals surface area contributed by atoms with Crippen molar-refractivity contribution in [1.29, 1.82) is 0 Å². The molecule has 1 unspecified atom stereocenters. The molecule has 1 atom stereocenters. The van der Waals surface area contributed by atoms with Gasteiger partial charge < -0.3 is 10.1 Å². The Bertz CT molecular complexity index is 312. The van der Waals surface area contributed by atoms with Crippen molar-refractivity contribution >= 4 is 0 Å². The molecule has 0 spiro atoms. The maximum Gasteiger partial charge on any atom is 0.123 e. The predicted molar refractivity (Wildman–Crippen MR) is 73.4 cm³/mol. The lowest BCUT2D eigenvalue weighted by atomic mass is 10.1. The van der Waals surface area contributed by atoms with Crippen LogP contribution < -0.4 is 10.1 Å². The van der Waals surface area contributed by atoms with Gasteiger partial charge in [-0.2, -0.15) is 0 Å². The Kier molecular flexibility index (Phi) is 6.71. The quantitative estimate of drug-likeness (QED) is 0.743. The zero-order chi connectivity index (χ0) is 12.5. The molecular formula is C15H25NO. The molecule has 0 heterocycles. The van der Waals surface area contributed by atoms with E-state index in [4.69, 9.17) is 4.74 Å². The van der Waals surface area contributed by atoms with Crippen molar-refractivity contribution in [2.24, 2.45) is 5.92 Å². The van der Waals surface area contributed by atoms with Crippen LogP contribution in [0.25, 0.3) is 0 Å². The molecule has 17 heavy (non-hydrogen) atoms. The summed E-state index contributed by atoms with van der Waals surface area (Å²) in [6, 6.07) is 8.29. The number of nitrogens with one attached hydrogen (secondary N) is 1. The first-order chi connectivity index (χ1) is 8.27.